The maximum Gasteiger partial charge on any atom is 0.0723 e. The molecule has 0 unspecified atom stereocenters. The Balaban J connectivity index is 2.15. The van der Waals surface area contributed by atoms with Gasteiger partial charge in [-0.15, -0.1) is 0 Å². The summed E-state index contributed by atoms with van der Waals surface area (Å²) in [6.45, 7) is 0. The number of benzene rings is 3. The van der Waals surface area contributed by atoms with E-state index in [1.54, 1.807) is 0 Å². The van der Waals surface area contributed by atoms with Crippen molar-refractivity contribution in [3.8, 4) is 0 Å². The lowest BCUT2D eigenvalue weighted by atomic mass is 9.95. The quantitative estimate of drug-likeness (QED) is 0.551. The first-order chi connectivity index (χ1) is 8.93. The van der Waals surface area contributed by atoms with Gasteiger partial charge in [-0.1, -0.05) is 54.6 Å². The van der Waals surface area contributed by atoms with Crippen LogP contribution >= 0.6 is 0 Å². The maximum atomic E-state index is 4.31. The van der Waals surface area contributed by atoms with Crippen molar-refractivity contribution in [1.29, 1.82) is 0 Å². The highest BCUT2D eigenvalue weighted by Crippen LogP contribution is 2.28. The van der Waals surface area contributed by atoms with E-state index in [1.165, 1.54) is 27.1 Å². The highest BCUT2D eigenvalue weighted by atomic mass is 14.7. The fourth-order valence-corrected chi connectivity index (χ4v) is 2.57. The zero-order chi connectivity index (χ0) is 11.9. The van der Waals surface area contributed by atoms with Crippen molar-refractivity contribution in [2.24, 2.45) is 4.99 Å². The monoisotopic (exact) mass is 229 g/mol. The van der Waals surface area contributed by atoms with E-state index in [0.29, 0.717) is 0 Å². The van der Waals surface area contributed by atoms with Crippen molar-refractivity contribution in [3.63, 3.8) is 0 Å². The van der Waals surface area contributed by atoms with Crippen LogP contribution in [0.15, 0.2) is 71.9 Å². The normalized spacial score (nSPS) is 13.7. The number of nitrogens with zero attached hydrogens (tertiary/aromatic N) is 1. The van der Waals surface area contributed by atoms with Crippen molar-refractivity contribution in [3.05, 3.63) is 72.4 Å². The minimum absolute atomic E-state index is 1.08. The Kier molecular flexibility index (Phi) is 1.89. The zero-order valence-corrected chi connectivity index (χ0v) is 9.80. The van der Waals surface area contributed by atoms with E-state index in [2.05, 4.69) is 65.7 Å². The van der Waals surface area contributed by atoms with Gasteiger partial charge in [-0.05, 0) is 27.6 Å². The summed E-state index contributed by atoms with van der Waals surface area (Å²) in [4.78, 5) is 4.31. The molecule has 3 aromatic carbocycles. The van der Waals surface area contributed by atoms with Crippen molar-refractivity contribution < 1.29 is 0 Å². The molecule has 0 radical (unpaired) electrons. The van der Waals surface area contributed by atoms with Gasteiger partial charge in [0.1, 0.15) is 0 Å². The number of allylic oxidation sites excluding steroid dienone is 1. The van der Waals surface area contributed by atoms with E-state index < -0.39 is 0 Å². The van der Waals surface area contributed by atoms with Crippen LogP contribution in [0, 0.1) is 0 Å². The van der Waals surface area contributed by atoms with E-state index in [-0.39, 0.29) is 0 Å². The van der Waals surface area contributed by atoms with Gasteiger partial charge in [-0.25, -0.2) is 0 Å². The Morgan fingerprint density at radius 2 is 1.50 bits per heavy atom. The first-order valence-corrected chi connectivity index (χ1v) is 6.09. The third kappa shape index (κ3) is 1.25. The first kappa shape index (κ1) is 9.60. The minimum atomic E-state index is 1.08. The van der Waals surface area contributed by atoms with Gasteiger partial charge < -0.3 is 0 Å². The predicted octanol–water partition coefficient (Wildman–Crippen LogP) is 4.31. The molecule has 84 valence electrons. The molecule has 0 aromatic heterocycles. The van der Waals surface area contributed by atoms with Crippen molar-refractivity contribution in [1.82, 2.24) is 0 Å². The Bertz CT molecular complexity index is 825. The van der Waals surface area contributed by atoms with E-state index in [0.717, 1.165) is 5.71 Å². The van der Waals surface area contributed by atoms with E-state index in [4.69, 9.17) is 0 Å². The molecule has 1 nitrogen and oxygen atoms in total. The molecular formula is C17H11N. The summed E-state index contributed by atoms with van der Waals surface area (Å²) in [7, 11) is 0. The SMILES string of the molecule is C1=CC(c2cccc3c2ccc2ccccc23)=N1. The van der Waals surface area contributed by atoms with Crippen LogP contribution in [0.25, 0.3) is 21.5 Å². The second-order valence-corrected chi connectivity index (χ2v) is 4.52. The van der Waals surface area contributed by atoms with Crippen LogP contribution in [-0.2, 0) is 0 Å². The second kappa shape index (κ2) is 3.54. The molecular weight excluding hydrogens is 218 g/mol. The van der Waals surface area contributed by atoms with Gasteiger partial charge >= 0.3 is 0 Å². The van der Waals surface area contributed by atoms with Gasteiger partial charge in [-0.2, -0.15) is 0 Å². The molecule has 4 rings (SSSR count). The molecule has 0 atom stereocenters. The molecule has 1 aliphatic rings. The van der Waals surface area contributed by atoms with Gasteiger partial charge in [0.05, 0.1) is 5.71 Å². The summed E-state index contributed by atoms with van der Waals surface area (Å²) in [5.74, 6) is 0. The third-order valence-electron chi connectivity index (χ3n) is 3.51. The highest BCUT2D eigenvalue weighted by Gasteiger charge is 2.09. The molecule has 18 heavy (non-hydrogen) atoms. The molecule has 0 fully saturated rings. The Morgan fingerprint density at radius 1 is 0.667 bits per heavy atom. The summed E-state index contributed by atoms with van der Waals surface area (Å²) in [6.07, 6.45) is 3.90. The first-order valence-electron chi connectivity index (χ1n) is 6.09. The summed E-state index contributed by atoms with van der Waals surface area (Å²) < 4.78 is 0. The molecule has 0 saturated carbocycles. The predicted molar refractivity (Wildman–Crippen MR) is 77.1 cm³/mol. The zero-order valence-electron chi connectivity index (χ0n) is 9.80. The number of hydrogen-bond acceptors (Lipinski definition) is 1. The van der Waals surface area contributed by atoms with Crippen LogP contribution in [0.5, 0.6) is 0 Å². The average molecular weight is 229 g/mol. The van der Waals surface area contributed by atoms with Crippen LogP contribution in [-0.4, -0.2) is 5.71 Å². The lowest BCUT2D eigenvalue weighted by molar-refractivity contribution is 1.48. The average Bonchev–Trinajstić information content (AvgIpc) is 2.37. The van der Waals surface area contributed by atoms with Gasteiger partial charge in [0.15, 0.2) is 0 Å². The van der Waals surface area contributed by atoms with E-state index >= 15 is 0 Å². The standard InChI is InChI=1S/C17H11N/c1-2-5-13-12(4-1)8-9-15-14(13)6-3-7-16(15)17-10-11-18-17/h1-11H. The smallest absolute Gasteiger partial charge is 0.0723 e. The number of fused-ring (bicyclic) bond motifs is 3. The van der Waals surface area contributed by atoms with Gasteiger partial charge in [0.25, 0.3) is 0 Å². The van der Waals surface area contributed by atoms with Crippen molar-refractivity contribution >= 4 is 27.3 Å². The van der Waals surface area contributed by atoms with E-state index in [1.807, 2.05) is 6.20 Å². The molecule has 3 aromatic rings. The fourth-order valence-electron chi connectivity index (χ4n) is 2.57. The van der Waals surface area contributed by atoms with Crippen molar-refractivity contribution in [2.45, 2.75) is 0 Å². The Morgan fingerprint density at radius 3 is 2.33 bits per heavy atom. The lowest BCUT2D eigenvalue weighted by Crippen LogP contribution is -2.02. The summed E-state index contributed by atoms with van der Waals surface area (Å²) in [6, 6.07) is 19.3. The number of rotatable bonds is 1. The molecule has 0 spiro atoms. The molecule has 0 bridgehead atoms. The second-order valence-electron chi connectivity index (χ2n) is 4.52. The molecule has 0 amide bonds. The largest absolute Gasteiger partial charge is 0.256 e. The summed E-state index contributed by atoms with van der Waals surface area (Å²) >= 11 is 0. The molecule has 1 heterocycles. The molecule has 1 aliphatic heterocycles. The van der Waals surface area contributed by atoms with Crippen LogP contribution in [0.1, 0.15) is 5.56 Å². The molecule has 0 aliphatic carbocycles. The van der Waals surface area contributed by atoms with Crippen LogP contribution in [0.4, 0.5) is 0 Å². The fraction of sp³-hybridized carbons (Fsp3) is 0. The van der Waals surface area contributed by atoms with Crippen LogP contribution in [0.3, 0.4) is 0 Å². The number of hydrogen-bond donors (Lipinski definition) is 0. The summed E-state index contributed by atoms with van der Waals surface area (Å²) in [5, 5.41) is 5.17. The van der Waals surface area contributed by atoms with Gasteiger partial charge in [-0.3, -0.25) is 4.99 Å². The lowest BCUT2D eigenvalue weighted by Gasteiger charge is -2.11. The van der Waals surface area contributed by atoms with E-state index in [9.17, 15) is 0 Å². The number of aliphatic imine (C=N–C) groups is 1. The van der Waals surface area contributed by atoms with Gasteiger partial charge in [0.2, 0.25) is 0 Å². The van der Waals surface area contributed by atoms with Gasteiger partial charge in [0, 0.05) is 11.8 Å². The summed E-state index contributed by atoms with van der Waals surface area (Å²) in [5.41, 5.74) is 2.30. The van der Waals surface area contributed by atoms with Crippen LogP contribution in [0.2, 0.25) is 0 Å². The molecule has 1 heteroatoms. The minimum Gasteiger partial charge on any atom is -0.256 e. The molecule has 0 N–H and O–H groups in total. The Hall–Kier alpha value is -2.41. The Labute approximate surface area is 105 Å². The van der Waals surface area contributed by atoms with Crippen LogP contribution < -0.4 is 0 Å². The maximum absolute atomic E-state index is 4.31. The third-order valence-corrected chi connectivity index (χ3v) is 3.51. The highest BCUT2D eigenvalue weighted by molar-refractivity contribution is 6.21. The van der Waals surface area contributed by atoms with Crippen molar-refractivity contribution in [2.75, 3.05) is 0 Å². The topological polar surface area (TPSA) is 12.4 Å². The molecule has 0 saturated heterocycles.